The van der Waals surface area contributed by atoms with Crippen LogP contribution in [-0.4, -0.2) is 35.5 Å². The maximum absolute atomic E-state index is 12.6. The number of hydrogen-bond acceptors (Lipinski definition) is 3. The van der Waals surface area contributed by atoms with Crippen molar-refractivity contribution >= 4 is 17.7 Å². The van der Waals surface area contributed by atoms with Crippen LogP contribution in [0.4, 0.5) is 0 Å². The van der Waals surface area contributed by atoms with Gasteiger partial charge < -0.3 is 10.6 Å². The SMILES string of the molecule is CCCC1(C(=O)NC2CCCC(SC)C2)CCCN1. The maximum atomic E-state index is 12.6. The van der Waals surface area contributed by atoms with Crippen molar-refractivity contribution in [1.82, 2.24) is 10.6 Å². The van der Waals surface area contributed by atoms with Crippen molar-refractivity contribution in [2.24, 2.45) is 0 Å². The second-order valence-electron chi connectivity index (χ2n) is 6.06. The Labute approximate surface area is 121 Å². The molecular formula is C15H28N2OS. The third-order valence-corrected chi connectivity index (χ3v) is 5.74. The number of nitrogens with one attached hydrogen (secondary N) is 2. The Morgan fingerprint density at radius 2 is 2.26 bits per heavy atom. The van der Waals surface area contributed by atoms with Crippen molar-refractivity contribution in [3.8, 4) is 0 Å². The predicted octanol–water partition coefficient (Wildman–Crippen LogP) is 2.70. The van der Waals surface area contributed by atoms with Gasteiger partial charge in [-0.05, 0) is 51.3 Å². The summed E-state index contributed by atoms with van der Waals surface area (Å²) < 4.78 is 0. The lowest BCUT2D eigenvalue weighted by molar-refractivity contribution is -0.128. The Hall–Kier alpha value is -0.220. The Morgan fingerprint density at radius 1 is 1.42 bits per heavy atom. The molecule has 110 valence electrons. The first-order valence-electron chi connectivity index (χ1n) is 7.79. The van der Waals surface area contributed by atoms with E-state index in [1.807, 2.05) is 11.8 Å². The van der Waals surface area contributed by atoms with E-state index in [-0.39, 0.29) is 11.4 Å². The van der Waals surface area contributed by atoms with Gasteiger partial charge in [-0.1, -0.05) is 19.8 Å². The van der Waals surface area contributed by atoms with Crippen LogP contribution in [-0.2, 0) is 4.79 Å². The molecule has 0 aromatic carbocycles. The van der Waals surface area contributed by atoms with Gasteiger partial charge in [0.15, 0.2) is 0 Å². The normalized spacial score (nSPS) is 35.3. The number of thioether (sulfide) groups is 1. The molecule has 1 aliphatic heterocycles. The first-order valence-corrected chi connectivity index (χ1v) is 9.08. The standard InChI is InChI=1S/C15H28N2OS/c1-3-8-15(9-5-10-16-15)14(18)17-12-6-4-7-13(11-12)19-2/h12-13,16H,3-11H2,1-2H3,(H,17,18). The first kappa shape index (κ1) is 15.2. The van der Waals surface area contributed by atoms with Gasteiger partial charge in [-0.25, -0.2) is 0 Å². The molecule has 2 N–H and O–H groups in total. The molecule has 2 rings (SSSR count). The van der Waals surface area contributed by atoms with Gasteiger partial charge in [0.25, 0.3) is 0 Å². The average molecular weight is 284 g/mol. The van der Waals surface area contributed by atoms with E-state index in [2.05, 4.69) is 23.8 Å². The molecule has 3 unspecified atom stereocenters. The second-order valence-corrected chi connectivity index (χ2v) is 7.20. The summed E-state index contributed by atoms with van der Waals surface area (Å²) in [6.45, 7) is 3.16. The summed E-state index contributed by atoms with van der Waals surface area (Å²) in [6, 6.07) is 0.398. The maximum Gasteiger partial charge on any atom is 0.240 e. The molecule has 3 atom stereocenters. The molecule has 0 bridgehead atoms. The Bertz CT molecular complexity index is 303. The molecule has 3 nitrogen and oxygen atoms in total. The molecular weight excluding hydrogens is 256 g/mol. The van der Waals surface area contributed by atoms with Gasteiger partial charge in [-0.15, -0.1) is 0 Å². The van der Waals surface area contributed by atoms with E-state index in [1.165, 1.54) is 12.8 Å². The topological polar surface area (TPSA) is 41.1 Å². The molecule has 19 heavy (non-hydrogen) atoms. The largest absolute Gasteiger partial charge is 0.352 e. The summed E-state index contributed by atoms with van der Waals surface area (Å²) >= 11 is 1.95. The number of rotatable bonds is 5. The van der Waals surface area contributed by atoms with E-state index in [0.717, 1.165) is 50.3 Å². The fourth-order valence-corrected chi connectivity index (χ4v) is 4.39. The number of carbonyl (C=O) groups is 1. The minimum Gasteiger partial charge on any atom is -0.352 e. The van der Waals surface area contributed by atoms with Crippen LogP contribution in [0.15, 0.2) is 0 Å². The van der Waals surface area contributed by atoms with Crippen molar-refractivity contribution in [3.63, 3.8) is 0 Å². The van der Waals surface area contributed by atoms with E-state index in [0.29, 0.717) is 6.04 Å². The average Bonchev–Trinajstić information content (AvgIpc) is 2.89. The molecule has 0 spiro atoms. The Morgan fingerprint density at radius 3 is 2.89 bits per heavy atom. The summed E-state index contributed by atoms with van der Waals surface area (Å²) in [5.74, 6) is 0.263. The van der Waals surface area contributed by atoms with Crippen LogP contribution in [0.2, 0.25) is 0 Å². The molecule has 1 saturated heterocycles. The molecule has 0 aromatic heterocycles. The minimum atomic E-state index is -0.263. The van der Waals surface area contributed by atoms with Crippen LogP contribution in [0.3, 0.4) is 0 Å². The van der Waals surface area contributed by atoms with Gasteiger partial charge in [0.2, 0.25) is 5.91 Å². The van der Waals surface area contributed by atoms with Crippen LogP contribution in [0.25, 0.3) is 0 Å². The van der Waals surface area contributed by atoms with Gasteiger partial charge in [-0.3, -0.25) is 4.79 Å². The number of hydrogen-bond donors (Lipinski definition) is 2. The zero-order valence-corrected chi connectivity index (χ0v) is 13.2. The summed E-state index contributed by atoms with van der Waals surface area (Å²) in [6.07, 6.45) is 11.2. The lowest BCUT2D eigenvalue weighted by Gasteiger charge is -2.34. The van der Waals surface area contributed by atoms with Crippen molar-refractivity contribution in [2.45, 2.75) is 75.1 Å². The summed E-state index contributed by atoms with van der Waals surface area (Å²) in [5.41, 5.74) is -0.263. The van der Waals surface area contributed by atoms with Crippen molar-refractivity contribution in [3.05, 3.63) is 0 Å². The van der Waals surface area contributed by atoms with E-state index >= 15 is 0 Å². The van der Waals surface area contributed by atoms with E-state index < -0.39 is 0 Å². The third kappa shape index (κ3) is 3.66. The van der Waals surface area contributed by atoms with Gasteiger partial charge in [0, 0.05) is 11.3 Å². The molecule has 1 amide bonds. The zero-order valence-electron chi connectivity index (χ0n) is 12.3. The minimum absolute atomic E-state index is 0.263. The quantitative estimate of drug-likeness (QED) is 0.815. The number of amides is 1. The predicted molar refractivity (Wildman–Crippen MR) is 82.6 cm³/mol. The van der Waals surface area contributed by atoms with Crippen molar-refractivity contribution in [1.29, 1.82) is 0 Å². The molecule has 2 fully saturated rings. The van der Waals surface area contributed by atoms with Crippen molar-refractivity contribution < 1.29 is 4.79 Å². The summed E-state index contributed by atoms with van der Waals surface area (Å²) in [5, 5.41) is 7.54. The van der Waals surface area contributed by atoms with Crippen LogP contribution in [0.5, 0.6) is 0 Å². The smallest absolute Gasteiger partial charge is 0.240 e. The zero-order chi connectivity index (χ0) is 13.7. The van der Waals surface area contributed by atoms with Crippen molar-refractivity contribution in [2.75, 3.05) is 12.8 Å². The molecule has 0 aromatic rings. The number of carbonyl (C=O) groups excluding carboxylic acids is 1. The Kier molecular flexibility index (Phi) is 5.58. The molecule has 2 aliphatic rings. The Balaban J connectivity index is 1.91. The van der Waals surface area contributed by atoms with Gasteiger partial charge in [-0.2, -0.15) is 11.8 Å². The lowest BCUT2D eigenvalue weighted by Crippen LogP contribution is -2.56. The molecule has 1 saturated carbocycles. The van der Waals surface area contributed by atoms with Crippen LogP contribution < -0.4 is 10.6 Å². The molecule has 1 aliphatic carbocycles. The molecule has 1 heterocycles. The highest BCUT2D eigenvalue weighted by molar-refractivity contribution is 7.99. The van der Waals surface area contributed by atoms with Gasteiger partial charge in [0.1, 0.15) is 0 Å². The molecule has 0 radical (unpaired) electrons. The highest BCUT2D eigenvalue weighted by Crippen LogP contribution is 2.29. The second kappa shape index (κ2) is 6.98. The lowest BCUT2D eigenvalue weighted by atomic mass is 9.89. The highest BCUT2D eigenvalue weighted by atomic mass is 32.2. The van der Waals surface area contributed by atoms with Crippen LogP contribution in [0.1, 0.15) is 58.3 Å². The monoisotopic (exact) mass is 284 g/mol. The van der Waals surface area contributed by atoms with Crippen LogP contribution in [0, 0.1) is 0 Å². The molecule has 4 heteroatoms. The first-order chi connectivity index (χ1) is 9.20. The van der Waals surface area contributed by atoms with Crippen LogP contribution >= 0.6 is 11.8 Å². The summed E-state index contributed by atoms with van der Waals surface area (Å²) in [7, 11) is 0. The van der Waals surface area contributed by atoms with E-state index in [9.17, 15) is 4.79 Å². The van der Waals surface area contributed by atoms with Gasteiger partial charge >= 0.3 is 0 Å². The van der Waals surface area contributed by atoms with E-state index in [1.54, 1.807) is 0 Å². The highest BCUT2D eigenvalue weighted by Gasteiger charge is 2.40. The fraction of sp³-hybridized carbons (Fsp3) is 0.933. The van der Waals surface area contributed by atoms with Gasteiger partial charge in [0.05, 0.1) is 5.54 Å². The van der Waals surface area contributed by atoms with E-state index in [4.69, 9.17) is 0 Å². The third-order valence-electron chi connectivity index (χ3n) is 4.65. The fourth-order valence-electron chi connectivity index (χ4n) is 3.57. The summed E-state index contributed by atoms with van der Waals surface area (Å²) in [4.78, 5) is 12.6.